The van der Waals surface area contributed by atoms with Crippen molar-refractivity contribution in [1.29, 1.82) is 0 Å². The molecule has 2 aromatic rings. The van der Waals surface area contributed by atoms with Crippen molar-refractivity contribution in [2.45, 2.75) is 31.2 Å². The Morgan fingerprint density at radius 3 is 2.08 bits per heavy atom. The fraction of sp³-hybridized carbons (Fsp3) is 0.316. The minimum absolute atomic E-state index is 0.0849. The molecule has 0 bridgehead atoms. The molecule has 2 aromatic carbocycles. The molecular weight excluding hydrogens is 336 g/mol. The van der Waals surface area contributed by atoms with E-state index >= 15 is 0 Å². The van der Waals surface area contributed by atoms with E-state index in [4.69, 9.17) is 0 Å². The summed E-state index contributed by atoms with van der Waals surface area (Å²) in [7, 11) is -0.541. The maximum absolute atomic E-state index is 12.5. The summed E-state index contributed by atoms with van der Waals surface area (Å²) in [6, 6.07) is 14.0. The highest BCUT2D eigenvalue weighted by molar-refractivity contribution is 7.89. The standard InChI is InChI=1S/C19H24N2O3S/c1-5-18(15-8-6-14(2)7-9-15)20-19(22)16-10-12-17(13-11-16)25(23,24)21(3)4/h6-13,18H,5H2,1-4H3,(H,20,22)/t18-/m1/s1. The third-order valence-electron chi connectivity index (χ3n) is 4.09. The highest BCUT2D eigenvalue weighted by Gasteiger charge is 2.18. The van der Waals surface area contributed by atoms with Gasteiger partial charge in [0.1, 0.15) is 0 Å². The van der Waals surface area contributed by atoms with Crippen molar-refractivity contribution in [1.82, 2.24) is 9.62 Å². The summed E-state index contributed by atoms with van der Waals surface area (Å²) in [6.45, 7) is 4.03. The number of amides is 1. The molecule has 0 fully saturated rings. The quantitative estimate of drug-likeness (QED) is 0.861. The third-order valence-corrected chi connectivity index (χ3v) is 5.92. The first-order chi connectivity index (χ1) is 11.8. The fourth-order valence-corrected chi connectivity index (χ4v) is 3.35. The van der Waals surface area contributed by atoms with Crippen molar-refractivity contribution in [3.8, 4) is 0 Å². The van der Waals surface area contributed by atoms with Crippen LogP contribution in [0.15, 0.2) is 53.4 Å². The minimum atomic E-state index is -3.49. The van der Waals surface area contributed by atoms with Gasteiger partial charge in [-0.15, -0.1) is 0 Å². The second-order valence-electron chi connectivity index (χ2n) is 6.16. The van der Waals surface area contributed by atoms with Crippen LogP contribution in [0.2, 0.25) is 0 Å². The van der Waals surface area contributed by atoms with Gasteiger partial charge in [-0.05, 0) is 43.2 Å². The predicted octanol–water partition coefficient (Wildman–Crippen LogP) is 3.13. The average Bonchev–Trinajstić information content (AvgIpc) is 2.60. The Balaban J connectivity index is 2.16. The molecule has 6 heteroatoms. The molecule has 25 heavy (non-hydrogen) atoms. The molecule has 1 N–H and O–H groups in total. The van der Waals surface area contributed by atoms with Gasteiger partial charge in [-0.2, -0.15) is 0 Å². The van der Waals surface area contributed by atoms with Crippen LogP contribution in [0.1, 0.15) is 40.9 Å². The number of carbonyl (C=O) groups is 1. The third kappa shape index (κ3) is 4.46. The first-order valence-electron chi connectivity index (χ1n) is 8.15. The number of benzene rings is 2. The molecule has 1 amide bonds. The molecule has 0 heterocycles. The molecule has 0 saturated carbocycles. The van der Waals surface area contributed by atoms with Gasteiger partial charge >= 0.3 is 0 Å². The number of nitrogens with zero attached hydrogens (tertiary/aromatic N) is 1. The zero-order valence-corrected chi connectivity index (χ0v) is 15.8. The summed E-state index contributed by atoms with van der Waals surface area (Å²) >= 11 is 0. The van der Waals surface area contributed by atoms with Gasteiger partial charge < -0.3 is 5.32 Å². The maximum atomic E-state index is 12.5. The van der Waals surface area contributed by atoms with E-state index in [1.54, 1.807) is 0 Å². The van der Waals surface area contributed by atoms with E-state index in [9.17, 15) is 13.2 Å². The topological polar surface area (TPSA) is 66.5 Å². The number of nitrogens with one attached hydrogen (secondary N) is 1. The molecule has 0 spiro atoms. The Morgan fingerprint density at radius 2 is 1.60 bits per heavy atom. The Labute approximate surface area is 149 Å². The van der Waals surface area contributed by atoms with Crippen LogP contribution in [-0.2, 0) is 10.0 Å². The van der Waals surface area contributed by atoms with Gasteiger partial charge in [-0.1, -0.05) is 36.8 Å². The number of carbonyl (C=O) groups excluding carboxylic acids is 1. The Bertz CT molecular complexity index is 826. The SMILES string of the molecule is CC[C@@H](NC(=O)c1ccc(S(=O)(=O)N(C)C)cc1)c1ccc(C)cc1. The monoisotopic (exact) mass is 360 g/mol. The van der Waals surface area contributed by atoms with Crippen LogP contribution in [0.3, 0.4) is 0 Å². The molecule has 0 aliphatic carbocycles. The molecule has 0 unspecified atom stereocenters. The van der Waals surface area contributed by atoms with Gasteiger partial charge in [0, 0.05) is 19.7 Å². The molecule has 1 atom stereocenters. The molecule has 0 saturated heterocycles. The van der Waals surface area contributed by atoms with E-state index in [0.29, 0.717) is 5.56 Å². The Kier molecular flexibility index (Phi) is 5.98. The normalized spacial score (nSPS) is 12.8. The summed E-state index contributed by atoms with van der Waals surface area (Å²) in [6.07, 6.45) is 0.766. The molecule has 0 aliphatic heterocycles. The highest BCUT2D eigenvalue weighted by Crippen LogP contribution is 2.19. The van der Waals surface area contributed by atoms with Crippen molar-refractivity contribution >= 4 is 15.9 Å². The maximum Gasteiger partial charge on any atom is 0.251 e. The van der Waals surface area contributed by atoms with E-state index in [1.807, 2.05) is 38.1 Å². The molecule has 134 valence electrons. The Morgan fingerprint density at radius 1 is 1.04 bits per heavy atom. The van der Waals surface area contributed by atoms with Crippen molar-refractivity contribution in [3.05, 3.63) is 65.2 Å². The fourth-order valence-electron chi connectivity index (χ4n) is 2.45. The van der Waals surface area contributed by atoms with Crippen LogP contribution in [0.25, 0.3) is 0 Å². The number of aryl methyl sites for hydroxylation is 1. The summed E-state index contributed by atoms with van der Waals surface area (Å²) in [5.41, 5.74) is 2.65. The number of hydrogen-bond donors (Lipinski definition) is 1. The number of hydrogen-bond acceptors (Lipinski definition) is 3. The summed E-state index contributed by atoms with van der Waals surface area (Å²) in [4.78, 5) is 12.6. The summed E-state index contributed by atoms with van der Waals surface area (Å²) < 4.78 is 25.3. The molecular formula is C19H24N2O3S. The van der Waals surface area contributed by atoms with Crippen LogP contribution >= 0.6 is 0 Å². The summed E-state index contributed by atoms with van der Waals surface area (Å²) in [5, 5.41) is 3.00. The second kappa shape index (κ2) is 7.80. The number of sulfonamides is 1. The first kappa shape index (κ1) is 19.1. The molecule has 0 radical (unpaired) electrons. The first-order valence-corrected chi connectivity index (χ1v) is 9.59. The van der Waals surface area contributed by atoms with Gasteiger partial charge in [-0.3, -0.25) is 4.79 Å². The van der Waals surface area contributed by atoms with Crippen LogP contribution in [0.4, 0.5) is 0 Å². The number of rotatable bonds is 6. The van der Waals surface area contributed by atoms with Crippen molar-refractivity contribution in [2.24, 2.45) is 0 Å². The van der Waals surface area contributed by atoms with Gasteiger partial charge in [0.05, 0.1) is 10.9 Å². The van der Waals surface area contributed by atoms with Gasteiger partial charge in [0.2, 0.25) is 10.0 Å². The highest BCUT2D eigenvalue weighted by atomic mass is 32.2. The van der Waals surface area contributed by atoms with Crippen LogP contribution in [0.5, 0.6) is 0 Å². The van der Waals surface area contributed by atoms with Gasteiger partial charge in [0.15, 0.2) is 0 Å². The van der Waals surface area contributed by atoms with E-state index in [2.05, 4.69) is 5.32 Å². The van der Waals surface area contributed by atoms with Gasteiger partial charge in [0.25, 0.3) is 5.91 Å². The lowest BCUT2D eigenvalue weighted by Gasteiger charge is -2.18. The molecule has 5 nitrogen and oxygen atoms in total. The van der Waals surface area contributed by atoms with Crippen LogP contribution in [0, 0.1) is 6.92 Å². The van der Waals surface area contributed by atoms with Gasteiger partial charge in [-0.25, -0.2) is 12.7 Å². The largest absolute Gasteiger partial charge is 0.345 e. The molecule has 2 rings (SSSR count). The van der Waals surface area contributed by atoms with E-state index in [1.165, 1.54) is 43.9 Å². The van der Waals surface area contributed by atoms with Crippen molar-refractivity contribution < 1.29 is 13.2 Å². The zero-order valence-electron chi connectivity index (χ0n) is 15.0. The zero-order chi connectivity index (χ0) is 18.6. The smallest absolute Gasteiger partial charge is 0.251 e. The van der Waals surface area contributed by atoms with E-state index in [0.717, 1.165) is 16.3 Å². The van der Waals surface area contributed by atoms with Crippen molar-refractivity contribution in [2.75, 3.05) is 14.1 Å². The second-order valence-corrected chi connectivity index (χ2v) is 8.31. The molecule has 0 aromatic heterocycles. The summed E-state index contributed by atoms with van der Waals surface area (Å²) in [5.74, 6) is -0.221. The van der Waals surface area contributed by atoms with Crippen LogP contribution < -0.4 is 5.32 Å². The lowest BCUT2D eigenvalue weighted by molar-refractivity contribution is 0.0935. The van der Waals surface area contributed by atoms with Crippen LogP contribution in [-0.4, -0.2) is 32.7 Å². The average molecular weight is 360 g/mol. The lowest BCUT2D eigenvalue weighted by Crippen LogP contribution is -2.28. The lowest BCUT2D eigenvalue weighted by atomic mass is 10.0. The van der Waals surface area contributed by atoms with E-state index in [-0.39, 0.29) is 16.8 Å². The van der Waals surface area contributed by atoms with E-state index < -0.39 is 10.0 Å². The minimum Gasteiger partial charge on any atom is -0.345 e. The molecule has 0 aliphatic rings. The predicted molar refractivity (Wildman–Crippen MR) is 99.0 cm³/mol. The Hall–Kier alpha value is -2.18. The van der Waals surface area contributed by atoms with Crippen molar-refractivity contribution in [3.63, 3.8) is 0 Å².